The molecule has 1 N–H and O–H groups in total. The molecule has 0 spiro atoms. The Labute approximate surface area is 164 Å². The van der Waals surface area contributed by atoms with E-state index >= 15 is 0 Å². The van der Waals surface area contributed by atoms with E-state index in [2.05, 4.69) is 33.7 Å². The first kappa shape index (κ1) is 21.6. The maximum Gasteiger partial charge on any atom is 0.417 e. The number of carbonyl (C=O) groups is 1. The first-order valence-electron chi connectivity index (χ1n) is 8.18. The van der Waals surface area contributed by atoms with Gasteiger partial charge in [0.2, 0.25) is 5.91 Å². The molecule has 0 saturated heterocycles. The van der Waals surface area contributed by atoms with Gasteiger partial charge in [0, 0.05) is 18.4 Å². The fourth-order valence-corrected chi connectivity index (χ4v) is 3.41. The molecule has 0 radical (unpaired) electrons. The van der Waals surface area contributed by atoms with E-state index in [9.17, 15) is 18.0 Å². The maximum atomic E-state index is 12.6. The van der Waals surface area contributed by atoms with Crippen LogP contribution in [0.4, 0.5) is 19.0 Å². The summed E-state index contributed by atoms with van der Waals surface area (Å²) in [5, 5.41) is 2.89. The van der Waals surface area contributed by atoms with E-state index in [1.54, 1.807) is 0 Å². The van der Waals surface area contributed by atoms with Crippen LogP contribution in [-0.2, 0) is 17.5 Å². The van der Waals surface area contributed by atoms with Crippen molar-refractivity contribution in [1.29, 1.82) is 0 Å². The summed E-state index contributed by atoms with van der Waals surface area (Å²) in [5.74, 6) is -0.0788. The molecule has 2 aromatic heterocycles. The van der Waals surface area contributed by atoms with Crippen LogP contribution in [0.2, 0.25) is 5.02 Å². The number of nitrogens with one attached hydrogen (secondary N) is 1. The molecule has 2 aromatic rings. The van der Waals surface area contributed by atoms with Crippen molar-refractivity contribution >= 4 is 35.1 Å². The zero-order valence-electron chi connectivity index (χ0n) is 15.3. The topological polar surface area (TPSA) is 59.8 Å². The van der Waals surface area contributed by atoms with Crippen LogP contribution in [0.25, 0.3) is 0 Å². The van der Waals surface area contributed by atoms with Crippen LogP contribution < -0.4 is 5.32 Å². The van der Waals surface area contributed by atoms with Gasteiger partial charge in [-0.3, -0.25) is 4.79 Å². The Morgan fingerprint density at radius 1 is 1.37 bits per heavy atom. The van der Waals surface area contributed by atoms with Crippen LogP contribution in [0.3, 0.4) is 0 Å². The second kappa shape index (κ2) is 8.52. The van der Waals surface area contributed by atoms with Crippen molar-refractivity contribution in [2.24, 2.45) is 5.92 Å². The highest BCUT2D eigenvalue weighted by molar-refractivity contribution is 7.99. The SMILES string of the molecule is Cc1nc(SCC(=O)Nc2ncc(C(F)(F)F)cc2Cl)n(CC(C)C)c1C. The van der Waals surface area contributed by atoms with E-state index in [4.69, 9.17) is 11.6 Å². The van der Waals surface area contributed by atoms with Crippen LogP contribution >= 0.6 is 23.4 Å². The lowest BCUT2D eigenvalue weighted by atomic mass is 10.2. The lowest BCUT2D eigenvalue weighted by Gasteiger charge is -2.12. The van der Waals surface area contributed by atoms with E-state index in [-0.39, 0.29) is 16.6 Å². The molecule has 5 nitrogen and oxygen atoms in total. The number of aromatic nitrogens is 3. The Kier molecular flexibility index (Phi) is 6.80. The van der Waals surface area contributed by atoms with Gasteiger partial charge in [-0.2, -0.15) is 13.2 Å². The van der Waals surface area contributed by atoms with Gasteiger partial charge in [-0.25, -0.2) is 9.97 Å². The summed E-state index contributed by atoms with van der Waals surface area (Å²) in [5.41, 5.74) is 0.964. The lowest BCUT2D eigenvalue weighted by molar-refractivity contribution is -0.137. The van der Waals surface area contributed by atoms with Crippen molar-refractivity contribution in [1.82, 2.24) is 14.5 Å². The summed E-state index contributed by atoms with van der Waals surface area (Å²) in [6.45, 7) is 8.84. The van der Waals surface area contributed by atoms with Crippen LogP contribution in [0.5, 0.6) is 0 Å². The molecule has 0 aliphatic rings. The van der Waals surface area contributed by atoms with Gasteiger partial charge < -0.3 is 9.88 Å². The fraction of sp³-hybridized carbons (Fsp3) is 0.471. The van der Waals surface area contributed by atoms with Gasteiger partial charge in [0.25, 0.3) is 0 Å². The number of alkyl halides is 3. The molecule has 148 valence electrons. The van der Waals surface area contributed by atoms with Gasteiger partial charge in [-0.1, -0.05) is 37.2 Å². The summed E-state index contributed by atoms with van der Waals surface area (Å²) in [6, 6.07) is 0.735. The maximum absolute atomic E-state index is 12.6. The number of amides is 1. The Hall–Kier alpha value is -1.74. The molecule has 0 bridgehead atoms. The van der Waals surface area contributed by atoms with E-state index in [1.165, 1.54) is 11.8 Å². The average molecular weight is 421 g/mol. The van der Waals surface area contributed by atoms with Crippen molar-refractivity contribution in [2.45, 2.75) is 45.6 Å². The molecule has 10 heteroatoms. The first-order valence-corrected chi connectivity index (χ1v) is 9.54. The molecule has 0 unspecified atom stereocenters. The van der Waals surface area contributed by atoms with Gasteiger partial charge in [0.05, 0.1) is 22.0 Å². The third-order valence-corrected chi connectivity index (χ3v) is 4.99. The summed E-state index contributed by atoms with van der Waals surface area (Å²) in [6.07, 6.45) is -3.91. The Balaban J connectivity index is 2.04. The highest BCUT2D eigenvalue weighted by Crippen LogP contribution is 2.32. The number of halogens is 4. The minimum absolute atomic E-state index is 0.0347. The molecule has 0 fully saturated rings. The Morgan fingerprint density at radius 3 is 2.59 bits per heavy atom. The van der Waals surface area contributed by atoms with Crippen molar-refractivity contribution in [3.8, 4) is 0 Å². The lowest BCUT2D eigenvalue weighted by Crippen LogP contribution is -2.17. The molecule has 0 atom stereocenters. The average Bonchev–Trinajstić information content (AvgIpc) is 2.81. The number of hydrogen-bond donors (Lipinski definition) is 1. The van der Waals surface area contributed by atoms with Crippen molar-refractivity contribution in [3.05, 3.63) is 34.2 Å². The first-order chi connectivity index (χ1) is 12.5. The van der Waals surface area contributed by atoms with Gasteiger partial charge in [0.1, 0.15) is 0 Å². The molecule has 2 heterocycles. The van der Waals surface area contributed by atoms with Crippen LogP contribution in [0.1, 0.15) is 30.8 Å². The second-order valence-electron chi connectivity index (χ2n) is 6.46. The zero-order valence-corrected chi connectivity index (χ0v) is 16.9. The monoisotopic (exact) mass is 420 g/mol. The molecule has 2 rings (SSSR count). The fourth-order valence-electron chi connectivity index (χ4n) is 2.30. The predicted molar refractivity (Wildman–Crippen MR) is 100 cm³/mol. The van der Waals surface area contributed by atoms with E-state index < -0.39 is 17.6 Å². The van der Waals surface area contributed by atoms with Gasteiger partial charge in [-0.05, 0) is 25.8 Å². The largest absolute Gasteiger partial charge is 0.417 e. The molecule has 1 amide bonds. The number of aryl methyl sites for hydroxylation is 1. The summed E-state index contributed by atoms with van der Waals surface area (Å²) in [4.78, 5) is 20.2. The molecule has 0 aliphatic heterocycles. The normalized spacial score (nSPS) is 11.9. The minimum Gasteiger partial charge on any atom is -0.323 e. The molecular formula is C17H20ClF3N4OS. The van der Waals surface area contributed by atoms with Crippen LogP contribution in [0, 0.1) is 19.8 Å². The summed E-state index contributed by atoms with van der Waals surface area (Å²) in [7, 11) is 0. The van der Waals surface area contributed by atoms with Crippen molar-refractivity contribution < 1.29 is 18.0 Å². The van der Waals surface area contributed by atoms with Crippen LogP contribution in [-0.4, -0.2) is 26.2 Å². The smallest absolute Gasteiger partial charge is 0.323 e. The zero-order chi connectivity index (χ0) is 20.4. The minimum atomic E-state index is -4.54. The molecular weight excluding hydrogens is 401 g/mol. The predicted octanol–water partition coefficient (Wildman–Crippen LogP) is 4.95. The third kappa shape index (κ3) is 5.62. The Morgan fingerprint density at radius 2 is 2.04 bits per heavy atom. The van der Waals surface area contributed by atoms with Gasteiger partial charge in [0.15, 0.2) is 11.0 Å². The van der Waals surface area contributed by atoms with Crippen molar-refractivity contribution in [2.75, 3.05) is 11.1 Å². The molecule has 0 aliphatic carbocycles. The van der Waals surface area contributed by atoms with Gasteiger partial charge >= 0.3 is 6.18 Å². The highest BCUT2D eigenvalue weighted by Gasteiger charge is 2.31. The number of anilines is 1. The summed E-state index contributed by atoms with van der Waals surface area (Å²) >= 11 is 7.06. The Bertz CT molecular complexity index is 836. The second-order valence-corrected chi connectivity index (χ2v) is 7.81. The molecule has 0 aromatic carbocycles. The van der Waals surface area contributed by atoms with Gasteiger partial charge in [-0.15, -0.1) is 0 Å². The number of carbonyl (C=O) groups excluding carboxylic acids is 1. The highest BCUT2D eigenvalue weighted by atomic mass is 35.5. The quantitative estimate of drug-likeness (QED) is 0.671. The number of pyridine rings is 1. The number of rotatable bonds is 6. The van der Waals surface area contributed by atoms with E-state index in [0.29, 0.717) is 12.1 Å². The number of hydrogen-bond acceptors (Lipinski definition) is 4. The molecule has 0 saturated carbocycles. The standard InChI is InChI=1S/C17H20ClF3N4OS/c1-9(2)7-25-11(4)10(3)23-16(25)27-8-14(26)24-15-13(18)5-12(6-22-15)17(19,20)21/h5-6,9H,7-8H2,1-4H3,(H,22,24,26). The summed E-state index contributed by atoms with van der Waals surface area (Å²) < 4.78 is 40.0. The van der Waals surface area contributed by atoms with E-state index in [1.807, 2.05) is 13.8 Å². The number of nitrogens with zero attached hydrogens (tertiary/aromatic N) is 3. The third-order valence-electron chi connectivity index (χ3n) is 3.73. The van der Waals surface area contributed by atoms with Crippen LogP contribution in [0.15, 0.2) is 17.4 Å². The number of thioether (sulfide) groups is 1. The van der Waals surface area contributed by atoms with E-state index in [0.717, 1.165) is 29.2 Å². The number of imidazole rings is 1. The van der Waals surface area contributed by atoms with Crippen molar-refractivity contribution in [3.63, 3.8) is 0 Å². The molecule has 27 heavy (non-hydrogen) atoms.